The van der Waals surface area contributed by atoms with Crippen LogP contribution < -0.4 is 5.32 Å². The van der Waals surface area contributed by atoms with Gasteiger partial charge in [-0.2, -0.15) is 0 Å². The first-order valence-electron chi connectivity index (χ1n) is 5.85. The Morgan fingerprint density at radius 3 is 2.18 bits per heavy atom. The van der Waals surface area contributed by atoms with E-state index in [9.17, 15) is 9.59 Å². The van der Waals surface area contributed by atoms with Crippen molar-refractivity contribution in [1.82, 2.24) is 10.2 Å². The van der Waals surface area contributed by atoms with E-state index >= 15 is 0 Å². The van der Waals surface area contributed by atoms with Gasteiger partial charge in [0, 0.05) is 26.6 Å². The number of nitrogens with zero attached hydrogens (tertiary/aromatic N) is 1. The molecule has 0 fully saturated rings. The first-order chi connectivity index (χ1) is 7.65. The van der Waals surface area contributed by atoms with Crippen molar-refractivity contribution in [3.63, 3.8) is 0 Å². The molecule has 0 saturated heterocycles. The van der Waals surface area contributed by atoms with Gasteiger partial charge in [-0.05, 0) is 27.2 Å². The van der Waals surface area contributed by atoms with Gasteiger partial charge in [0.25, 0.3) is 0 Å². The standard InChI is InChI=1S/C12H24N2O3/c1-7-9(8-10(15)14(5)6)13-11(16)17-12(2,3)4/h9H,7-8H2,1-6H3,(H,13,16). The molecule has 0 rings (SSSR count). The highest BCUT2D eigenvalue weighted by Crippen LogP contribution is 2.08. The Bertz CT molecular complexity index is 269. The fraction of sp³-hybridized carbons (Fsp3) is 0.833. The second kappa shape index (κ2) is 6.47. The zero-order valence-corrected chi connectivity index (χ0v) is 11.7. The van der Waals surface area contributed by atoms with Crippen LogP contribution in [-0.4, -0.2) is 42.6 Å². The highest BCUT2D eigenvalue weighted by molar-refractivity contribution is 5.77. The van der Waals surface area contributed by atoms with E-state index in [1.54, 1.807) is 34.9 Å². The summed E-state index contributed by atoms with van der Waals surface area (Å²) in [7, 11) is 3.39. The van der Waals surface area contributed by atoms with Gasteiger partial charge in [0.1, 0.15) is 5.60 Å². The molecule has 0 spiro atoms. The molecule has 1 unspecified atom stereocenters. The first kappa shape index (κ1) is 15.7. The fourth-order valence-electron chi connectivity index (χ4n) is 1.17. The summed E-state index contributed by atoms with van der Waals surface area (Å²) in [5.41, 5.74) is -0.520. The third kappa shape index (κ3) is 7.60. The lowest BCUT2D eigenvalue weighted by molar-refractivity contribution is -0.129. The number of carbonyl (C=O) groups is 2. The summed E-state index contributed by atoms with van der Waals surface area (Å²) in [5.74, 6) is -0.00657. The van der Waals surface area contributed by atoms with Crippen molar-refractivity contribution in [2.24, 2.45) is 0 Å². The molecule has 5 nitrogen and oxygen atoms in total. The average molecular weight is 244 g/mol. The van der Waals surface area contributed by atoms with Crippen LogP contribution in [0.5, 0.6) is 0 Å². The summed E-state index contributed by atoms with van der Waals surface area (Å²) in [6, 6.07) is -0.181. The van der Waals surface area contributed by atoms with Crippen LogP contribution >= 0.6 is 0 Å². The van der Waals surface area contributed by atoms with E-state index in [2.05, 4.69) is 5.32 Å². The van der Waals surface area contributed by atoms with Crippen molar-refractivity contribution in [2.45, 2.75) is 52.2 Å². The third-order valence-corrected chi connectivity index (χ3v) is 2.13. The predicted octanol–water partition coefficient (Wildman–Crippen LogP) is 1.77. The summed E-state index contributed by atoms with van der Waals surface area (Å²) in [4.78, 5) is 24.5. The van der Waals surface area contributed by atoms with Gasteiger partial charge >= 0.3 is 6.09 Å². The van der Waals surface area contributed by atoms with Gasteiger partial charge in [-0.3, -0.25) is 4.79 Å². The molecular formula is C12H24N2O3. The van der Waals surface area contributed by atoms with Gasteiger partial charge in [0.05, 0.1) is 0 Å². The maximum atomic E-state index is 11.5. The number of hydrogen-bond acceptors (Lipinski definition) is 3. The predicted molar refractivity (Wildman–Crippen MR) is 66.8 cm³/mol. The van der Waals surface area contributed by atoms with E-state index in [1.807, 2.05) is 6.92 Å². The molecule has 1 atom stereocenters. The molecule has 0 saturated carbocycles. The minimum absolute atomic E-state index is 0.00657. The number of hydrogen-bond donors (Lipinski definition) is 1. The van der Waals surface area contributed by atoms with Crippen molar-refractivity contribution in [3.8, 4) is 0 Å². The molecule has 0 aromatic carbocycles. The number of ether oxygens (including phenoxy) is 1. The van der Waals surface area contributed by atoms with Crippen molar-refractivity contribution in [1.29, 1.82) is 0 Å². The second-order valence-corrected chi connectivity index (χ2v) is 5.24. The lowest BCUT2D eigenvalue weighted by atomic mass is 10.1. The molecule has 0 heterocycles. The Kier molecular flexibility index (Phi) is 5.99. The van der Waals surface area contributed by atoms with Crippen LogP contribution in [0.4, 0.5) is 4.79 Å². The van der Waals surface area contributed by atoms with Crippen LogP contribution in [0.25, 0.3) is 0 Å². The Morgan fingerprint density at radius 2 is 1.82 bits per heavy atom. The maximum Gasteiger partial charge on any atom is 0.407 e. The number of nitrogens with one attached hydrogen (secondary N) is 1. The number of alkyl carbamates (subject to hydrolysis) is 1. The third-order valence-electron chi connectivity index (χ3n) is 2.13. The van der Waals surface area contributed by atoms with Gasteiger partial charge in [-0.25, -0.2) is 4.79 Å². The van der Waals surface area contributed by atoms with E-state index in [-0.39, 0.29) is 11.9 Å². The van der Waals surface area contributed by atoms with Gasteiger partial charge in [-0.15, -0.1) is 0 Å². The van der Waals surface area contributed by atoms with Crippen molar-refractivity contribution >= 4 is 12.0 Å². The largest absolute Gasteiger partial charge is 0.444 e. The van der Waals surface area contributed by atoms with Crippen LogP contribution in [-0.2, 0) is 9.53 Å². The SMILES string of the molecule is CCC(CC(=O)N(C)C)NC(=O)OC(C)(C)C. The summed E-state index contributed by atoms with van der Waals surface area (Å²) >= 11 is 0. The van der Waals surface area contributed by atoms with E-state index in [0.717, 1.165) is 0 Å². The molecule has 0 radical (unpaired) electrons. The van der Waals surface area contributed by atoms with Crippen LogP contribution in [0.15, 0.2) is 0 Å². The van der Waals surface area contributed by atoms with Crippen LogP contribution in [0.2, 0.25) is 0 Å². The molecule has 5 heteroatoms. The van der Waals surface area contributed by atoms with Gasteiger partial charge < -0.3 is 15.0 Å². The maximum absolute atomic E-state index is 11.5. The monoisotopic (exact) mass is 244 g/mol. The van der Waals surface area contributed by atoms with Gasteiger partial charge in [-0.1, -0.05) is 6.92 Å². The number of amides is 2. The van der Waals surface area contributed by atoms with Gasteiger partial charge in [0.15, 0.2) is 0 Å². The summed E-state index contributed by atoms with van der Waals surface area (Å²) in [5, 5.41) is 2.70. The molecule has 0 aromatic rings. The molecule has 1 N–H and O–H groups in total. The molecule has 0 aliphatic heterocycles. The topological polar surface area (TPSA) is 58.6 Å². The van der Waals surface area contributed by atoms with E-state index in [4.69, 9.17) is 4.74 Å². The Morgan fingerprint density at radius 1 is 1.29 bits per heavy atom. The zero-order valence-electron chi connectivity index (χ0n) is 11.7. The van der Waals surface area contributed by atoms with E-state index in [1.165, 1.54) is 4.90 Å². The molecule has 0 aliphatic rings. The normalized spacial score (nSPS) is 12.8. The Hall–Kier alpha value is -1.26. The lowest BCUT2D eigenvalue weighted by Gasteiger charge is -2.23. The highest BCUT2D eigenvalue weighted by atomic mass is 16.6. The minimum Gasteiger partial charge on any atom is -0.444 e. The number of carbonyl (C=O) groups excluding carboxylic acids is 2. The van der Waals surface area contributed by atoms with E-state index in [0.29, 0.717) is 12.8 Å². The zero-order chi connectivity index (χ0) is 13.6. The molecule has 100 valence electrons. The highest BCUT2D eigenvalue weighted by Gasteiger charge is 2.20. The molecule has 0 bridgehead atoms. The summed E-state index contributed by atoms with van der Waals surface area (Å²) in [6.07, 6.45) is 0.512. The lowest BCUT2D eigenvalue weighted by Crippen LogP contribution is -2.41. The summed E-state index contributed by atoms with van der Waals surface area (Å²) < 4.78 is 5.14. The second-order valence-electron chi connectivity index (χ2n) is 5.24. The van der Waals surface area contributed by atoms with Gasteiger partial charge in [0.2, 0.25) is 5.91 Å². The minimum atomic E-state index is -0.520. The smallest absolute Gasteiger partial charge is 0.407 e. The Labute approximate surface area is 103 Å². The van der Waals surface area contributed by atoms with Crippen LogP contribution in [0.3, 0.4) is 0 Å². The summed E-state index contributed by atoms with van der Waals surface area (Å²) in [6.45, 7) is 7.33. The number of rotatable bonds is 4. The van der Waals surface area contributed by atoms with E-state index < -0.39 is 11.7 Å². The molecule has 0 aliphatic carbocycles. The van der Waals surface area contributed by atoms with Crippen LogP contribution in [0.1, 0.15) is 40.5 Å². The molecular weight excluding hydrogens is 220 g/mol. The Balaban J connectivity index is 4.22. The fourth-order valence-corrected chi connectivity index (χ4v) is 1.17. The molecule has 0 aromatic heterocycles. The van der Waals surface area contributed by atoms with Crippen molar-refractivity contribution in [2.75, 3.05) is 14.1 Å². The quantitative estimate of drug-likeness (QED) is 0.820. The first-order valence-corrected chi connectivity index (χ1v) is 5.85. The van der Waals surface area contributed by atoms with Crippen LogP contribution in [0, 0.1) is 0 Å². The molecule has 17 heavy (non-hydrogen) atoms. The van der Waals surface area contributed by atoms with Crippen molar-refractivity contribution in [3.05, 3.63) is 0 Å². The average Bonchev–Trinajstić information content (AvgIpc) is 2.13. The van der Waals surface area contributed by atoms with Crippen molar-refractivity contribution < 1.29 is 14.3 Å². The molecule has 2 amide bonds.